The highest BCUT2D eigenvalue weighted by Crippen LogP contribution is 2.25. The smallest absolute Gasteiger partial charge is 0.262 e. The van der Waals surface area contributed by atoms with Gasteiger partial charge in [-0.2, -0.15) is 5.10 Å². The second-order valence-corrected chi connectivity index (χ2v) is 7.75. The lowest BCUT2D eigenvalue weighted by Gasteiger charge is -2.23. The molecule has 8 nitrogen and oxygen atoms in total. The monoisotopic (exact) mass is 370 g/mol. The predicted octanol–water partition coefficient (Wildman–Crippen LogP) is 0.873. The van der Waals surface area contributed by atoms with Crippen molar-refractivity contribution in [1.29, 1.82) is 0 Å². The van der Waals surface area contributed by atoms with Gasteiger partial charge in [0, 0.05) is 12.0 Å². The summed E-state index contributed by atoms with van der Waals surface area (Å²) in [6, 6.07) is 4.81. The summed E-state index contributed by atoms with van der Waals surface area (Å²) >= 11 is 0. The Kier molecular flexibility index (Phi) is 4.59. The van der Waals surface area contributed by atoms with E-state index >= 15 is 0 Å². The van der Waals surface area contributed by atoms with Crippen LogP contribution in [-0.2, 0) is 9.59 Å². The number of rotatable bonds is 4. The van der Waals surface area contributed by atoms with Crippen LogP contribution in [0.2, 0.25) is 0 Å². The Morgan fingerprint density at radius 1 is 1.19 bits per heavy atom. The molecule has 0 spiro atoms. The molecule has 1 aromatic rings. The molecule has 3 amide bonds. The Hall–Kier alpha value is -3.03. The minimum atomic E-state index is -0.998. The SMILES string of the molecule is CC(C(=O)C1=NNC(C(=O)NC(C)(C)C)C1)N1C(=O)c2ccccc2C1=O. The van der Waals surface area contributed by atoms with Gasteiger partial charge in [0.25, 0.3) is 11.8 Å². The standard InChI is InChI=1S/C19H22N4O4/c1-10(23-17(26)11-7-5-6-8-12(11)18(23)27)15(24)13-9-14(22-21-13)16(25)20-19(2,3)4/h5-8,10,14,22H,9H2,1-4H3,(H,20,25). The van der Waals surface area contributed by atoms with Gasteiger partial charge in [-0.25, -0.2) is 0 Å². The van der Waals surface area contributed by atoms with E-state index in [2.05, 4.69) is 15.8 Å². The van der Waals surface area contributed by atoms with Gasteiger partial charge < -0.3 is 5.32 Å². The van der Waals surface area contributed by atoms with Crippen molar-refractivity contribution >= 4 is 29.2 Å². The van der Waals surface area contributed by atoms with Crippen molar-refractivity contribution in [2.75, 3.05) is 0 Å². The van der Waals surface area contributed by atoms with E-state index in [-0.39, 0.29) is 29.2 Å². The predicted molar refractivity (Wildman–Crippen MR) is 98.3 cm³/mol. The summed E-state index contributed by atoms with van der Waals surface area (Å²) < 4.78 is 0. The molecule has 2 atom stereocenters. The molecule has 2 aliphatic heterocycles. The fourth-order valence-corrected chi connectivity index (χ4v) is 3.12. The number of amides is 3. The van der Waals surface area contributed by atoms with Gasteiger partial charge in [0.2, 0.25) is 11.7 Å². The first-order valence-electron chi connectivity index (χ1n) is 8.75. The van der Waals surface area contributed by atoms with E-state index < -0.39 is 35.2 Å². The maximum absolute atomic E-state index is 12.8. The fraction of sp³-hybridized carbons (Fsp3) is 0.421. The Labute approximate surface area is 157 Å². The zero-order valence-electron chi connectivity index (χ0n) is 15.7. The van der Waals surface area contributed by atoms with Crippen molar-refractivity contribution in [3.05, 3.63) is 35.4 Å². The van der Waals surface area contributed by atoms with E-state index in [1.165, 1.54) is 6.92 Å². The molecule has 0 saturated heterocycles. The fourth-order valence-electron chi connectivity index (χ4n) is 3.12. The number of carbonyl (C=O) groups excluding carboxylic acids is 4. The molecule has 0 aliphatic carbocycles. The minimum absolute atomic E-state index is 0.105. The number of nitrogens with zero attached hydrogens (tertiary/aromatic N) is 2. The molecule has 0 radical (unpaired) electrons. The van der Waals surface area contributed by atoms with E-state index in [9.17, 15) is 19.2 Å². The number of hydrazone groups is 1. The van der Waals surface area contributed by atoms with Crippen LogP contribution in [0.15, 0.2) is 29.4 Å². The number of carbonyl (C=O) groups is 4. The second-order valence-electron chi connectivity index (χ2n) is 7.75. The van der Waals surface area contributed by atoms with Gasteiger partial charge >= 0.3 is 0 Å². The lowest BCUT2D eigenvalue weighted by molar-refractivity contribution is -0.124. The zero-order valence-corrected chi connectivity index (χ0v) is 15.7. The molecule has 0 aromatic heterocycles. The van der Waals surface area contributed by atoms with Crippen LogP contribution in [0.5, 0.6) is 0 Å². The molecule has 2 aliphatic rings. The molecule has 2 heterocycles. The van der Waals surface area contributed by atoms with Gasteiger partial charge in [-0.15, -0.1) is 0 Å². The summed E-state index contributed by atoms with van der Waals surface area (Å²) in [4.78, 5) is 51.0. The van der Waals surface area contributed by atoms with Crippen molar-refractivity contribution in [3.63, 3.8) is 0 Å². The van der Waals surface area contributed by atoms with Crippen LogP contribution in [0.1, 0.15) is 54.8 Å². The van der Waals surface area contributed by atoms with Crippen molar-refractivity contribution in [2.45, 2.75) is 51.7 Å². The van der Waals surface area contributed by atoms with E-state index in [0.29, 0.717) is 0 Å². The summed E-state index contributed by atoms with van der Waals surface area (Å²) in [5.41, 5.74) is 2.98. The van der Waals surface area contributed by atoms with Gasteiger partial charge in [-0.1, -0.05) is 12.1 Å². The highest BCUT2D eigenvalue weighted by atomic mass is 16.2. The molecular weight excluding hydrogens is 348 g/mol. The average Bonchev–Trinajstić information content (AvgIpc) is 3.17. The summed E-state index contributed by atoms with van der Waals surface area (Å²) in [5, 5.41) is 6.79. The maximum atomic E-state index is 12.8. The van der Waals surface area contributed by atoms with Crippen LogP contribution in [0.25, 0.3) is 0 Å². The summed E-state index contributed by atoms with van der Waals surface area (Å²) in [6.07, 6.45) is 0.105. The number of ketones is 1. The molecule has 0 saturated carbocycles. The van der Waals surface area contributed by atoms with Crippen LogP contribution in [0.3, 0.4) is 0 Å². The van der Waals surface area contributed by atoms with E-state index in [0.717, 1.165) is 4.90 Å². The number of Topliss-reactive ketones (excluding diaryl/α,β-unsaturated/α-hetero) is 1. The topological polar surface area (TPSA) is 108 Å². The third-order valence-corrected chi connectivity index (χ3v) is 4.44. The summed E-state index contributed by atoms with van der Waals surface area (Å²) in [7, 11) is 0. The van der Waals surface area contributed by atoms with E-state index in [1.54, 1.807) is 24.3 Å². The highest BCUT2D eigenvalue weighted by molar-refractivity contribution is 6.43. The van der Waals surface area contributed by atoms with Crippen molar-refractivity contribution < 1.29 is 19.2 Å². The zero-order chi connectivity index (χ0) is 19.9. The molecule has 0 fully saturated rings. The van der Waals surface area contributed by atoms with Crippen LogP contribution >= 0.6 is 0 Å². The van der Waals surface area contributed by atoms with E-state index in [4.69, 9.17) is 0 Å². The first-order valence-corrected chi connectivity index (χ1v) is 8.75. The Bertz CT molecular complexity index is 834. The first kappa shape index (κ1) is 18.8. The Balaban J connectivity index is 1.70. The van der Waals surface area contributed by atoms with Gasteiger partial charge in [-0.3, -0.25) is 29.5 Å². The number of imide groups is 1. The van der Waals surface area contributed by atoms with E-state index in [1.807, 2.05) is 20.8 Å². The van der Waals surface area contributed by atoms with Gasteiger partial charge in [-0.05, 0) is 39.8 Å². The normalized spacial score (nSPS) is 20.1. The highest BCUT2D eigenvalue weighted by Gasteiger charge is 2.42. The maximum Gasteiger partial charge on any atom is 0.262 e. The molecule has 27 heavy (non-hydrogen) atoms. The van der Waals surface area contributed by atoms with Crippen molar-refractivity contribution in [1.82, 2.24) is 15.6 Å². The molecule has 142 valence electrons. The number of benzene rings is 1. The van der Waals surface area contributed by atoms with Crippen LogP contribution in [-0.4, -0.2) is 51.7 Å². The van der Waals surface area contributed by atoms with Crippen molar-refractivity contribution in [3.8, 4) is 0 Å². The molecular formula is C19H22N4O4. The van der Waals surface area contributed by atoms with Crippen LogP contribution in [0, 0.1) is 0 Å². The Morgan fingerprint density at radius 3 is 2.26 bits per heavy atom. The lowest BCUT2D eigenvalue weighted by Crippen LogP contribution is -2.49. The largest absolute Gasteiger partial charge is 0.350 e. The summed E-state index contributed by atoms with van der Waals surface area (Å²) in [5.74, 6) is -1.71. The molecule has 1 aromatic carbocycles. The number of fused-ring (bicyclic) bond motifs is 1. The summed E-state index contributed by atoms with van der Waals surface area (Å²) in [6.45, 7) is 7.07. The minimum Gasteiger partial charge on any atom is -0.350 e. The molecule has 2 N–H and O–H groups in total. The first-order chi connectivity index (χ1) is 12.6. The van der Waals surface area contributed by atoms with Gasteiger partial charge in [0.1, 0.15) is 17.8 Å². The van der Waals surface area contributed by atoms with Gasteiger partial charge in [0.05, 0.1) is 11.1 Å². The second kappa shape index (κ2) is 6.61. The average molecular weight is 370 g/mol. The number of hydrogen-bond acceptors (Lipinski definition) is 6. The molecule has 8 heteroatoms. The Morgan fingerprint density at radius 2 is 1.74 bits per heavy atom. The quantitative estimate of drug-likeness (QED) is 0.765. The molecule has 3 rings (SSSR count). The van der Waals surface area contributed by atoms with Crippen LogP contribution in [0.4, 0.5) is 0 Å². The third-order valence-electron chi connectivity index (χ3n) is 4.44. The van der Waals surface area contributed by atoms with Crippen LogP contribution < -0.4 is 10.7 Å². The lowest BCUT2D eigenvalue weighted by atomic mass is 10.0. The number of nitrogens with one attached hydrogen (secondary N) is 2. The third kappa shape index (κ3) is 3.47. The number of hydrogen-bond donors (Lipinski definition) is 2. The van der Waals surface area contributed by atoms with Crippen molar-refractivity contribution in [2.24, 2.45) is 5.10 Å². The molecule has 0 bridgehead atoms. The van der Waals surface area contributed by atoms with Gasteiger partial charge in [0.15, 0.2) is 0 Å². The molecule has 2 unspecified atom stereocenters.